The number of thiazole rings is 1. The zero-order valence-corrected chi connectivity index (χ0v) is 17.2. The number of aromatic nitrogens is 4. The van der Waals surface area contributed by atoms with Gasteiger partial charge in [-0.05, 0) is 6.08 Å². The largest absolute Gasteiger partial charge is 0.441 e. The summed E-state index contributed by atoms with van der Waals surface area (Å²) in [5, 5.41) is 3.25. The quantitative estimate of drug-likeness (QED) is 0.658. The molecule has 0 bridgehead atoms. The molecule has 0 aliphatic heterocycles. The van der Waals surface area contributed by atoms with Gasteiger partial charge in [0.2, 0.25) is 11.8 Å². The van der Waals surface area contributed by atoms with Crippen molar-refractivity contribution in [1.82, 2.24) is 19.5 Å². The van der Waals surface area contributed by atoms with Gasteiger partial charge in [-0.25, -0.2) is 15.0 Å². The minimum absolute atomic E-state index is 0.0880. The first kappa shape index (κ1) is 20.0. The van der Waals surface area contributed by atoms with Crippen molar-refractivity contribution in [3.63, 3.8) is 0 Å². The highest BCUT2D eigenvalue weighted by molar-refractivity contribution is 7.16. The van der Waals surface area contributed by atoms with Crippen LogP contribution < -0.4 is 11.1 Å². The van der Waals surface area contributed by atoms with Gasteiger partial charge in [-0.15, -0.1) is 0 Å². The van der Waals surface area contributed by atoms with Crippen molar-refractivity contribution < 1.29 is 9.21 Å². The SMILES string of the molecule is Cn1cncc1C[C@H](N)C(=O)Nc1ncc(C=Cc2ncc(C(C)(C)C)o2)s1. The molecule has 3 rings (SSSR count). The number of carbonyl (C=O) groups is 1. The summed E-state index contributed by atoms with van der Waals surface area (Å²) in [6.07, 6.45) is 10.8. The number of nitrogens with zero attached hydrogens (tertiary/aromatic N) is 4. The molecule has 8 nitrogen and oxygen atoms in total. The third-order valence-corrected chi connectivity index (χ3v) is 4.97. The highest BCUT2D eigenvalue weighted by Gasteiger charge is 2.19. The Labute approximate surface area is 167 Å². The average Bonchev–Trinajstić information content (AvgIpc) is 3.34. The number of hydrogen-bond donors (Lipinski definition) is 2. The fourth-order valence-electron chi connectivity index (χ4n) is 2.38. The van der Waals surface area contributed by atoms with E-state index in [9.17, 15) is 4.79 Å². The zero-order valence-electron chi connectivity index (χ0n) is 16.3. The maximum atomic E-state index is 12.3. The predicted octanol–water partition coefficient (Wildman–Crippen LogP) is 2.84. The predicted molar refractivity (Wildman–Crippen MR) is 110 cm³/mol. The molecule has 0 aromatic carbocycles. The third-order valence-electron chi connectivity index (χ3n) is 4.09. The van der Waals surface area contributed by atoms with Gasteiger partial charge in [-0.1, -0.05) is 32.1 Å². The molecule has 1 atom stereocenters. The number of hydrogen-bond acceptors (Lipinski definition) is 7. The summed E-state index contributed by atoms with van der Waals surface area (Å²) in [6, 6.07) is -0.679. The first-order valence-electron chi connectivity index (χ1n) is 8.84. The Kier molecular flexibility index (Phi) is 5.76. The number of oxazole rings is 1. The van der Waals surface area contributed by atoms with Crippen LogP contribution in [0.3, 0.4) is 0 Å². The number of carbonyl (C=O) groups excluding carboxylic acids is 1. The van der Waals surface area contributed by atoms with E-state index in [0.29, 0.717) is 17.4 Å². The van der Waals surface area contributed by atoms with E-state index in [2.05, 4.69) is 41.0 Å². The molecule has 0 spiro atoms. The second-order valence-corrected chi connectivity index (χ2v) is 8.57. The van der Waals surface area contributed by atoms with Gasteiger partial charge in [-0.2, -0.15) is 0 Å². The Bertz CT molecular complexity index is 979. The van der Waals surface area contributed by atoms with Crippen molar-refractivity contribution in [2.75, 3.05) is 5.32 Å². The van der Waals surface area contributed by atoms with E-state index in [1.807, 2.05) is 17.7 Å². The highest BCUT2D eigenvalue weighted by Crippen LogP contribution is 2.24. The van der Waals surface area contributed by atoms with E-state index in [1.54, 1.807) is 31.0 Å². The minimum atomic E-state index is -0.679. The maximum Gasteiger partial charge on any atom is 0.243 e. The summed E-state index contributed by atoms with van der Waals surface area (Å²) in [5.74, 6) is 1.07. The Morgan fingerprint density at radius 2 is 2.11 bits per heavy atom. The second kappa shape index (κ2) is 8.07. The zero-order chi connectivity index (χ0) is 20.3. The lowest BCUT2D eigenvalue weighted by Gasteiger charge is -2.12. The average molecular weight is 401 g/mol. The first-order valence-corrected chi connectivity index (χ1v) is 9.66. The van der Waals surface area contributed by atoms with E-state index < -0.39 is 6.04 Å². The number of anilines is 1. The molecule has 3 N–H and O–H groups in total. The van der Waals surface area contributed by atoms with Crippen molar-refractivity contribution in [1.29, 1.82) is 0 Å². The molecule has 0 saturated heterocycles. The highest BCUT2D eigenvalue weighted by atomic mass is 32.1. The van der Waals surface area contributed by atoms with E-state index >= 15 is 0 Å². The van der Waals surface area contributed by atoms with E-state index in [1.165, 1.54) is 11.3 Å². The van der Waals surface area contributed by atoms with Gasteiger partial charge in [0, 0.05) is 47.9 Å². The van der Waals surface area contributed by atoms with E-state index in [-0.39, 0.29) is 11.3 Å². The number of nitrogens with two attached hydrogens (primary N) is 1. The van der Waals surface area contributed by atoms with Crippen LogP contribution in [0.1, 0.15) is 43.0 Å². The van der Waals surface area contributed by atoms with Crippen molar-refractivity contribution in [2.45, 2.75) is 38.6 Å². The summed E-state index contributed by atoms with van der Waals surface area (Å²) < 4.78 is 7.57. The molecule has 0 aliphatic carbocycles. The van der Waals surface area contributed by atoms with Crippen LogP contribution in [0.4, 0.5) is 5.13 Å². The summed E-state index contributed by atoms with van der Waals surface area (Å²) in [7, 11) is 1.87. The van der Waals surface area contributed by atoms with Gasteiger partial charge in [0.15, 0.2) is 5.13 Å². The molecule has 28 heavy (non-hydrogen) atoms. The van der Waals surface area contributed by atoms with Crippen LogP contribution in [0.5, 0.6) is 0 Å². The first-order chi connectivity index (χ1) is 13.2. The summed E-state index contributed by atoms with van der Waals surface area (Å²) >= 11 is 1.35. The van der Waals surface area contributed by atoms with Crippen molar-refractivity contribution in [3.05, 3.63) is 47.1 Å². The summed E-state index contributed by atoms with van der Waals surface area (Å²) in [5.41, 5.74) is 6.80. The molecule has 1 amide bonds. The molecule has 0 aliphatic rings. The van der Waals surface area contributed by atoms with Crippen molar-refractivity contribution >= 4 is 34.5 Å². The Hall–Kier alpha value is -2.78. The Balaban J connectivity index is 1.58. The lowest BCUT2D eigenvalue weighted by atomic mass is 9.94. The molecule has 0 unspecified atom stereocenters. The molecular formula is C19H24N6O2S. The lowest BCUT2D eigenvalue weighted by Crippen LogP contribution is -2.37. The molecule has 0 radical (unpaired) electrons. The van der Waals surface area contributed by atoms with Crippen LogP contribution in [0.25, 0.3) is 12.2 Å². The van der Waals surface area contributed by atoms with Gasteiger partial charge in [0.25, 0.3) is 0 Å². The van der Waals surface area contributed by atoms with Gasteiger partial charge in [0.05, 0.1) is 18.6 Å². The molecule has 148 valence electrons. The third kappa shape index (κ3) is 4.93. The maximum absolute atomic E-state index is 12.3. The van der Waals surface area contributed by atoms with E-state index in [4.69, 9.17) is 10.2 Å². The summed E-state index contributed by atoms with van der Waals surface area (Å²) in [6.45, 7) is 6.20. The fourth-order valence-corrected chi connectivity index (χ4v) is 3.11. The van der Waals surface area contributed by atoms with Gasteiger partial charge in [0.1, 0.15) is 5.76 Å². The number of rotatable bonds is 6. The smallest absolute Gasteiger partial charge is 0.243 e. The number of amides is 1. The van der Waals surface area contributed by atoms with Gasteiger partial charge in [-0.3, -0.25) is 4.79 Å². The van der Waals surface area contributed by atoms with Crippen LogP contribution in [0.2, 0.25) is 0 Å². The second-order valence-electron chi connectivity index (χ2n) is 7.51. The van der Waals surface area contributed by atoms with Crippen LogP contribution >= 0.6 is 11.3 Å². The number of imidazole rings is 1. The molecule has 9 heteroatoms. The molecule has 3 aromatic heterocycles. The Morgan fingerprint density at radius 1 is 1.32 bits per heavy atom. The van der Waals surface area contributed by atoms with Gasteiger partial charge < -0.3 is 20.0 Å². The van der Waals surface area contributed by atoms with Crippen LogP contribution in [0.15, 0.2) is 29.3 Å². The molecular weight excluding hydrogens is 376 g/mol. The fraction of sp³-hybridized carbons (Fsp3) is 0.368. The van der Waals surface area contributed by atoms with Crippen molar-refractivity contribution in [3.8, 4) is 0 Å². The molecule has 0 fully saturated rings. The van der Waals surface area contributed by atoms with Gasteiger partial charge >= 0.3 is 0 Å². The number of nitrogens with one attached hydrogen (secondary N) is 1. The standard InChI is InChI=1S/C19H24N6O2S/c1-19(2,3)15-10-22-16(27-15)6-5-13-9-23-18(28-13)24-17(26)14(20)7-12-8-21-11-25(12)4/h5-6,8-11,14H,7,20H2,1-4H3,(H,23,24,26)/t14-/m0/s1. The number of aryl methyl sites for hydroxylation is 1. The minimum Gasteiger partial charge on any atom is -0.441 e. The molecule has 3 aromatic rings. The van der Waals surface area contributed by atoms with Crippen molar-refractivity contribution in [2.24, 2.45) is 12.8 Å². The van der Waals surface area contributed by atoms with Crippen LogP contribution in [-0.2, 0) is 23.7 Å². The lowest BCUT2D eigenvalue weighted by molar-refractivity contribution is -0.117. The Morgan fingerprint density at radius 3 is 2.75 bits per heavy atom. The summed E-state index contributed by atoms with van der Waals surface area (Å²) in [4.78, 5) is 25.7. The topological polar surface area (TPSA) is 112 Å². The monoisotopic (exact) mass is 400 g/mol. The van der Waals surface area contributed by atoms with Crippen LogP contribution in [-0.4, -0.2) is 31.5 Å². The van der Waals surface area contributed by atoms with Crippen LogP contribution in [0, 0.1) is 0 Å². The van der Waals surface area contributed by atoms with E-state index in [0.717, 1.165) is 16.3 Å². The normalized spacial score (nSPS) is 13.2. The molecule has 0 saturated carbocycles. The molecule has 3 heterocycles.